The standard InChI is InChI=1S/2C12H14ClNO2/c2*1-7(2)6-14-11(15)9-4-3-8(13)5-10(9)12(14)16/h3-5,7,12,16H,6H2,1-2H3;3-5,7,11,15H,6H2,1-2H3. The number of amides is 2. The summed E-state index contributed by atoms with van der Waals surface area (Å²) in [7, 11) is 0. The van der Waals surface area contributed by atoms with Crippen molar-refractivity contribution < 1.29 is 19.8 Å². The molecule has 172 valence electrons. The third-order valence-corrected chi connectivity index (χ3v) is 5.75. The lowest BCUT2D eigenvalue weighted by Crippen LogP contribution is -2.31. The summed E-state index contributed by atoms with van der Waals surface area (Å²) in [5, 5.41) is 21.1. The Morgan fingerprint density at radius 2 is 1.22 bits per heavy atom. The molecule has 2 amide bonds. The van der Waals surface area contributed by atoms with Gasteiger partial charge in [-0.25, -0.2) is 0 Å². The second kappa shape index (κ2) is 9.79. The third kappa shape index (κ3) is 4.94. The van der Waals surface area contributed by atoms with Crippen LogP contribution in [0.5, 0.6) is 0 Å². The van der Waals surface area contributed by atoms with Crippen molar-refractivity contribution in [2.45, 2.75) is 40.2 Å². The van der Waals surface area contributed by atoms with E-state index >= 15 is 0 Å². The average molecular weight is 479 g/mol. The van der Waals surface area contributed by atoms with E-state index in [1.54, 1.807) is 36.4 Å². The van der Waals surface area contributed by atoms with Crippen LogP contribution in [0.3, 0.4) is 0 Å². The van der Waals surface area contributed by atoms with Crippen molar-refractivity contribution in [1.29, 1.82) is 0 Å². The molecule has 2 aliphatic rings. The Labute approximate surface area is 198 Å². The molecular formula is C24H28Cl2N2O4. The zero-order chi connectivity index (χ0) is 23.7. The van der Waals surface area contributed by atoms with Crippen LogP contribution in [0.1, 0.15) is 72.0 Å². The first-order chi connectivity index (χ1) is 15.0. The number of carbonyl (C=O) groups is 2. The monoisotopic (exact) mass is 478 g/mol. The van der Waals surface area contributed by atoms with Gasteiger partial charge in [0.05, 0.1) is 0 Å². The molecule has 0 bridgehead atoms. The number of nitrogens with zero attached hydrogens (tertiary/aromatic N) is 2. The molecule has 2 heterocycles. The molecule has 2 aliphatic heterocycles. The van der Waals surface area contributed by atoms with Gasteiger partial charge in [0, 0.05) is 45.4 Å². The lowest BCUT2D eigenvalue weighted by Gasteiger charge is -2.22. The second-order valence-corrected chi connectivity index (χ2v) is 9.79. The second-order valence-electron chi connectivity index (χ2n) is 8.91. The Morgan fingerprint density at radius 3 is 1.78 bits per heavy atom. The van der Waals surface area contributed by atoms with Crippen molar-refractivity contribution in [2.75, 3.05) is 13.1 Å². The highest BCUT2D eigenvalue weighted by Gasteiger charge is 2.36. The summed E-state index contributed by atoms with van der Waals surface area (Å²) in [4.78, 5) is 26.9. The minimum atomic E-state index is -0.858. The van der Waals surface area contributed by atoms with Crippen LogP contribution in [0.4, 0.5) is 0 Å². The fourth-order valence-corrected chi connectivity index (χ4v) is 4.25. The molecule has 0 saturated carbocycles. The van der Waals surface area contributed by atoms with E-state index in [2.05, 4.69) is 0 Å². The van der Waals surface area contributed by atoms with E-state index in [9.17, 15) is 19.8 Å². The Balaban J connectivity index is 0.000000181. The minimum absolute atomic E-state index is 0.118. The van der Waals surface area contributed by atoms with E-state index < -0.39 is 12.5 Å². The van der Waals surface area contributed by atoms with E-state index in [0.29, 0.717) is 57.2 Å². The average Bonchev–Trinajstić information content (AvgIpc) is 3.08. The normalized spacial score (nSPS) is 19.4. The van der Waals surface area contributed by atoms with Crippen molar-refractivity contribution in [3.05, 3.63) is 68.7 Å². The van der Waals surface area contributed by atoms with Gasteiger partial charge >= 0.3 is 0 Å². The van der Waals surface area contributed by atoms with Crippen molar-refractivity contribution in [3.8, 4) is 0 Å². The first kappa shape index (κ1) is 24.5. The summed E-state index contributed by atoms with van der Waals surface area (Å²) in [6, 6.07) is 10.0. The van der Waals surface area contributed by atoms with Crippen LogP contribution >= 0.6 is 23.2 Å². The first-order valence-corrected chi connectivity index (χ1v) is 11.3. The number of rotatable bonds is 4. The fraction of sp³-hybridized carbons (Fsp3) is 0.417. The Kier molecular flexibility index (Phi) is 7.50. The van der Waals surface area contributed by atoms with Crippen molar-refractivity contribution >= 4 is 35.0 Å². The highest BCUT2D eigenvalue weighted by Crippen LogP contribution is 2.34. The first-order valence-electron chi connectivity index (χ1n) is 10.6. The van der Waals surface area contributed by atoms with Crippen LogP contribution in [-0.4, -0.2) is 44.9 Å². The van der Waals surface area contributed by atoms with Gasteiger partial charge in [-0.3, -0.25) is 9.59 Å². The molecule has 0 saturated heterocycles. The summed E-state index contributed by atoms with van der Waals surface area (Å²) in [6.45, 7) is 9.14. The number of aliphatic hydroxyl groups excluding tert-OH is 2. The van der Waals surface area contributed by atoms with Gasteiger partial charge in [-0.15, -0.1) is 0 Å². The zero-order valence-corrected chi connectivity index (χ0v) is 20.1. The SMILES string of the molecule is CC(C)CN1C(=O)c2cc(Cl)ccc2C1O.CC(C)CN1C(=O)c2ccc(Cl)cc2C1O. The van der Waals surface area contributed by atoms with Gasteiger partial charge in [0.25, 0.3) is 11.8 Å². The highest BCUT2D eigenvalue weighted by molar-refractivity contribution is 6.31. The van der Waals surface area contributed by atoms with Crippen molar-refractivity contribution in [2.24, 2.45) is 11.8 Å². The fourth-order valence-electron chi connectivity index (χ4n) is 3.90. The van der Waals surface area contributed by atoms with Gasteiger partial charge in [-0.05, 0) is 42.2 Å². The van der Waals surface area contributed by atoms with E-state index in [4.69, 9.17) is 23.2 Å². The minimum Gasteiger partial charge on any atom is -0.369 e. The van der Waals surface area contributed by atoms with Crippen LogP contribution in [0.15, 0.2) is 36.4 Å². The number of fused-ring (bicyclic) bond motifs is 2. The molecule has 2 atom stereocenters. The van der Waals surface area contributed by atoms with Crippen molar-refractivity contribution in [1.82, 2.24) is 9.80 Å². The maximum absolute atomic E-state index is 12.0. The summed E-state index contributed by atoms with van der Waals surface area (Å²) in [6.07, 6.45) is -1.69. The van der Waals surface area contributed by atoms with Gasteiger partial charge in [-0.1, -0.05) is 57.0 Å². The zero-order valence-electron chi connectivity index (χ0n) is 18.5. The lowest BCUT2D eigenvalue weighted by atomic mass is 10.1. The quantitative estimate of drug-likeness (QED) is 0.655. The van der Waals surface area contributed by atoms with E-state index in [-0.39, 0.29) is 11.8 Å². The maximum Gasteiger partial charge on any atom is 0.256 e. The predicted molar refractivity (Wildman–Crippen MR) is 125 cm³/mol. The van der Waals surface area contributed by atoms with Crippen LogP contribution in [0.2, 0.25) is 10.0 Å². The molecule has 2 N–H and O–H groups in total. The Bertz CT molecular complexity index is 1020. The molecule has 0 aromatic heterocycles. The van der Waals surface area contributed by atoms with Gasteiger partial charge in [0.2, 0.25) is 0 Å². The van der Waals surface area contributed by atoms with Crippen molar-refractivity contribution in [3.63, 3.8) is 0 Å². The molecule has 2 aromatic rings. The number of halogens is 2. The molecule has 6 nitrogen and oxygen atoms in total. The van der Waals surface area contributed by atoms with Crippen LogP contribution in [0.25, 0.3) is 0 Å². The number of aliphatic hydroxyl groups is 2. The molecule has 0 spiro atoms. The van der Waals surface area contributed by atoms with Gasteiger partial charge in [0.1, 0.15) is 0 Å². The van der Waals surface area contributed by atoms with Gasteiger partial charge in [0.15, 0.2) is 12.5 Å². The molecule has 8 heteroatoms. The van der Waals surface area contributed by atoms with Gasteiger partial charge < -0.3 is 20.0 Å². The van der Waals surface area contributed by atoms with E-state index in [1.165, 1.54) is 9.80 Å². The van der Waals surface area contributed by atoms with Gasteiger partial charge in [-0.2, -0.15) is 0 Å². The number of hydrogen-bond donors (Lipinski definition) is 2. The van der Waals surface area contributed by atoms with E-state index in [0.717, 1.165) is 0 Å². The number of carbonyl (C=O) groups excluding carboxylic acids is 2. The smallest absolute Gasteiger partial charge is 0.256 e. The molecule has 2 aromatic carbocycles. The topological polar surface area (TPSA) is 81.1 Å². The molecule has 2 unspecified atom stereocenters. The number of hydrogen-bond acceptors (Lipinski definition) is 4. The predicted octanol–water partition coefficient (Wildman–Crippen LogP) is 4.89. The molecule has 0 aliphatic carbocycles. The summed E-state index contributed by atoms with van der Waals surface area (Å²) >= 11 is 11.7. The molecule has 0 radical (unpaired) electrons. The summed E-state index contributed by atoms with van der Waals surface area (Å²) in [5.74, 6) is 0.387. The molecule has 4 rings (SSSR count). The molecule has 0 fully saturated rings. The molecule has 32 heavy (non-hydrogen) atoms. The van der Waals surface area contributed by atoms with Crippen LogP contribution < -0.4 is 0 Å². The largest absolute Gasteiger partial charge is 0.369 e. The summed E-state index contributed by atoms with van der Waals surface area (Å²) < 4.78 is 0. The molecular weight excluding hydrogens is 451 g/mol. The van der Waals surface area contributed by atoms with Crippen LogP contribution in [0, 0.1) is 11.8 Å². The maximum atomic E-state index is 12.0. The third-order valence-electron chi connectivity index (χ3n) is 5.28. The highest BCUT2D eigenvalue weighted by atomic mass is 35.5. The summed E-state index contributed by atoms with van der Waals surface area (Å²) in [5.41, 5.74) is 2.33. The Hall–Kier alpha value is -2.12. The Morgan fingerprint density at radius 1 is 0.750 bits per heavy atom. The lowest BCUT2D eigenvalue weighted by molar-refractivity contribution is 0.0120. The van der Waals surface area contributed by atoms with E-state index in [1.807, 2.05) is 27.7 Å². The van der Waals surface area contributed by atoms with Crippen LogP contribution in [-0.2, 0) is 0 Å². The number of benzene rings is 2.